The number of carbonyl (C=O) groups is 1. The van der Waals surface area contributed by atoms with Crippen LogP contribution in [0.15, 0.2) is 10.6 Å². The fraction of sp³-hybridized carbons (Fsp3) is 0.714. The van der Waals surface area contributed by atoms with Crippen LogP contribution < -0.4 is 0 Å². The highest BCUT2D eigenvalue weighted by Crippen LogP contribution is 2.40. The van der Waals surface area contributed by atoms with Crippen molar-refractivity contribution in [1.82, 2.24) is 10.1 Å². The molecule has 1 saturated heterocycles. The molecule has 1 aromatic heterocycles. The summed E-state index contributed by atoms with van der Waals surface area (Å²) in [6.45, 7) is 3.01. The van der Waals surface area contributed by atoms with Gasteiger partial charge >= 0.3 is 0 Å². The van der Waals surface area contributed by atoms with Gasteiger partial charge in [-0.05, 0) is 38.5 Å². The minimum Gasteiger partial charge on any atom is -0.360 e. The molecule has 3 rings (SSSR count). The van der Waals surface area contributed by atoms with Crippen LogP contribution >= 0.6 is 0 Å². The average Bonchev–Trinajstić information content (AvgIpc) is 3.16. The molecular weight excluding hydrogens is 228 g/mol. The SMILES string of the molecule is CC[C@H]1CCCCN1C(=O)c1cc(C2CC2)on1. The Bertz CT molecular complexity index is 437. The highest BCUT2D eigenvalue weighted by atomic mass is 16.5. The van der Waals surface area contributed by atoms with E-state index < -0.39 is 0 Å². The molecule has 1 aromatic rings. The summed E-state index contributed by atoms with van der Waals surface area (Å²) >= 11 is 0. The minimum atomic E-state index is 0.0530. The van der Waals surface area contributed by atoms with Crippen LogP contribution in [0.25, 0.3) is 0 Å². The van der Waals surface area contributed by atoms with Gasteiger partial charge in [-0.15, -0.1) is 0 Å². The van der Waals surface area contributed by atoms with Crippen molar-refractivity contribution in [3.05, 3.63) is 17.5 Å². The zero-order chi connectivity index (χ0) is 12.5. The Morgan fingerprint density at radius 3 is 3.00 bits per heavy atom. The summed E-state index contributed by atoms with van der Waals surface area (Å²) < 4.78 is 5.27. The molecule has 1 saturated carbocycles. The molecule has 0 unspecified atom stereocenters. The predicted molar refractivity (Wildman–Crippen MR) is 67.4 cm³/mol. The molecule has 1 aliphatic carbocycles. The third-order valence-corrected chi connectivity index (χ3v) is 4.09. The van der Waals surface area contributed by atoms with E-state index in [1.54, 1.807) is 0 Å². The van der Waals surface area contributed by atoms with E-state index >= 15 is 0 Å². The average molecular weight is 248 g/mol. The lowest BCUT2D eigenvalue weighted by Gasteiger charge is -2.34. The first kappa shape index (κ1) is 11.8. The largest absolute Gasteiger partial charge is 0.360 e. The number of carbonyl (C=O) groups excluding carboxylic acids is 1. The summed E-state index contributed by atoms with van der Waals surface area (Å²) in [5.41, 5.74) is 0.497. The van der Waals surface area contributed by atoms with Crippen LogP contribution in [0.2, 0.25) is 0 Å². The van der Waals surface area contributed by atoms with E-state index in [2.05, 4.69) is 12.1 Å². The standard InChI is InChI=1S/C14H20N2O2/c1-2-11-5-3-4-8-16(11)14(17)12-9-13(18-15-12)10-6-7-10/h9-11H,2-8H2,1H3/t11-/m0/s1. The Kier molecular flexibility index (Phi) is 3.10. The second-order valence-corrected chi connectivity index (χ2v) is 5.45. The van der Waals surface area contributed by atoms with Crippen molar-refractivity contribution in [1.29, 1.82) is 0 Å². The van der Waals surface area contributed by atoms with Crippen LogP contribution in [-0.4, -0.2) is 28.6 Å². The second-order valence-electron chi connectivity index (χ2n) is 5.45. The van der Waals surface area contributed by atoms with E-state index in [4.69, 9.17) is 4.52 Å². The molecule has 2 fully saturated rings. The molecule has 0 radical (unpaired) electrons. The summed E-state index contributed by atoms with van der Waals surface area (Å²) in [5.74, 6) is 1.46. The van der Waals surface area contributed by atoms with E-state index in [0.717, 1.165) is 31.6 Å². The van der Waals surface area contributed by atoms with Crippen molar-refractivity contribution < 1.29 is 9.32 Å². The van der Waals surface area contributed by atoms with Gasteiger partial charge in [0, 0.05) is 24.6 Å². The molecule has 1 aliphatic heterocycles. The normalized spacial score (nSPS) is 24.3. The van der Waals surface area contributed by atoms with Crippen LogP contribution in [0.5, 0.6) is 0 Å². The molecule has 2 aliphatic rings. The van der Waals surface area contributed by atoms with Gasteiger partial charge in [-0.25, -0.2) is 0 Å². The molecule has 0 aromatic carbocycles. The number of nitrogens with zero attached hydrogens (tertiary/aromatic N) is 2. The van der Waals surface area contributed by atoms with Gasteiger partial charge in [-0.1, -0.05) is 12.1 Å². The van der Waals surface area contributed by atoms with Gasteiger partial charge in [0.05, 0.1) is 0 Å². The number of rotatable bonds is 3. The molecular formula is C14H20N2O2. The maximum atomic E-state index is 12.4. The van der Waals surface area contributed by atoms with Crippen LogP contribution in [0.1, 0.15) is 67.6 Å². The van der Waals surface area contributed by atoms with Gasteiger partial charge in [0.25, 0.3) is 5.91 Å². The predicted octanol–water partition coefficient (Wildman–Crippen LogP) is 2.96. The van der Waals surface area contributed by atoms with Gasteiger partial charge in [-0.2, -0.15) is 0 Å². The number of likely N-dealkylation sites (tertiary alicyclic amines) is 1. The van der Waals surface area contributed by atoms with Gasteiger partial charge in [-0.3, -0.25) is 4.79 Å². The number of amides is 1. The molecule has 1 atom stereocenters. The van der Waals surface area contributed by atoms with Crippen molar-refractivity contribution in [2.45, 2.75) is 57.4 Å². The van der Waals surface area contributed by atoms with Crippen molar-refractivity contribution in [2.75, 3.05) is 6.54 Å². The third-order valence-electron chi connectivity index (χ3n) is 4.09. The number of hydrogen-bond acceptors (Lipinski definition) is 3. The van der Waals surface area contributed by atoms with Gasteiger partial charge in [0.2, 0.25) is 0 Å². The van der Waals surface area contributed by atoms with Crippen molar-refractivity contribution >= 4 is 5.91 Å². The lowest BCUT2D eigenvalue weighted by atomic mass is 9.99. The van der Waals surface area contributed by atoms with Crippen LogP contribution in [0.3, 0.4) is 0 Å². The Morgan fingerprint density at radius 2 is 2.28 bits per heavy atom. The lowest BCUT2D eigenvalue weighted by molar-refractivity contribution is 0.0597. The van der Waals surface area contributed by atoms with Gasteiger partial charge in [0.15, 0.2) is 5.69 Å². The molecule has 1 amide bonds. The fourth-order valence-electron chi connectivity index (χ4n) is 2.79. The third kappa shape index (κ3) is 2.16. The van der Waals surface area contributed by atoms with E-state index in [0.29, 0.717) is 17.7 Å². The quantitative estimate of drug-likeness (QED) is 0.826. The molecule has 4 heteroatoms. The monoisotopic (exact) mass is 248 g/mol. The van der Waals surface area contributed by atoms with Crippen LogP contribution in [0.4, 0.5) is 0 Å². The first-order valence-electron chi connectivity index (χ1n) is 7.07. The molecule has 18 heavy (non-hydrogen) atoms. The maximum Gasteiger partial charge on any atom is 0.276 e. The second kappa shape index (κ2) is 4.75. The molecule has 98 valence electrons. The molecule has 0 N–H and O–H groups in total. The zero-order valence-electron chi connectivity index (χ0n) is 10.9. The van der Waals surface area contributed by atoms with Gasteiger partial charge < -0.3 is 9.42 Å². The lowest BCUT2D eigenvalue weighted by Crippen LogP contribution is -2.43. The Hall–Kier alpha value is -1.32. The Morgan fingerprint density at radius 1 is 1.44 bits per heavy atom. The first-order chi connectivity index (χ1) is 8.79. The number of piperidine rings is 1. The zero-order valence-corrected chi connectivity index (χ0v) is 10.9. The summed E-state index contributed by atoms with van der Waals surface area (Å²) in [5, 5.41) is 3.96. The minimum absolute atomic E-state index is 0.0530. The molecule has 4 nitrogen and oxygen atoms in total. The van der Waals surface area contributed by atoms with E-state index in [1.165, 1.54) is 19.3 Å². The highest BCUT2D eigenvalue weighted by molar-refractivity contribution is 5.92. The highest BCUT2D eigenvalue weighted by Gasteiger charge is 2.32. The van der Waals surface area contributed by atoms with E-state index in [-0.39, 0.29) is 5.91 Å². The molecule has 0 bridgehead atoms. The topological polar surface area (TPSA) is 46.3 Å². The summed E-state index contributed by atoms with van der Waals surface area (Å²) in [7, 11) is 0. The van der Waals surface area contributed by atoms with Crippen LogP contribution in [-0.2, 0) is 0 Å². The van der Waals surface area contributed by atoms with E-state index in [1.807, 2.05) is 11.0 Å². The Labute approximate surface area is 107 Å². The first-order valence-corrected chi connectivity index (χ1v) is 7.07. The summed E-state index contributed by atoms with van der Waals surface area (Å²) in [6.07, 6.45) is 6.83. The smallest absolute Gasteiger partial charge is 0.276 e. The summed E-state index contributed by atoms with van der Waals surface area (Å²) in [6, 6.07) is 2.23. The van der Waals surface area contributed by atoms with Crippen LogP contribution in [0, 0.1) is 0 Å². The molecule has 0 spiro atoms. The van der Waals surface area contributed by atoms with Crippen molar-refractivity contribution in [2.24, 2.45) is 0 Å². The van der Waals surface area contributed by atoms with E-state index in [9.17, 15) is 4.79 Å². The van der Waals surface area contributed by atoms with Crippen molar-refractivity contribution in [3.8, 4) is 0 Å². The van der Waals surface area contributed by atoms with Gasteiger partial charge in [0.1, 0.15) is 5.76 Å². The number of aromatic nitrogens is 1. The molecule has 2 heterocycles. The van der Waals surface area contributed by atoms with Crippen molar-refractivity contribution in [3.63, 3.8) is 0 Å². The maximum absolute atomic E-state index is 12.4. The Balaban J connectivity index is 1.74. The summed E-state index contributed by atoms with van der Waals surface area (Å²) in [4.78, 5) is 14.4. The fourth-order valence-corrected chi connectivity index (χ4v) is 2.79. The number of hydrogen-bond donors (Lipinski definition) is 0.